The van der Waals surface area contributed by atoms with E-state index in [-0.39, 0.29) is 5.75 Å². The maximum Gasteiger partial charge on any atom is 0.138 e. The molecule has 1 N–H and O–H groups in total. The number of phenolic OH excluding ortho intramolecular Hbond substituents is 1. The lowest BCUT2D eigenvalue weighted by Crippen LogP contribution is -2.09. The minimum absolute atomic E-state index is 0.0482. The molecule has 2 aromatic rings. The molecule has 86 valence electrons. The molecule has 1 atom stereocenters. The molecule has 0 aromatic heterocycles. The predicted molar refractivity (Wildman–Crippen MR) is 67.0 cm³/mol. The first kappa shape index (κ1) is 10.8. The molecule has 0 saturated carbocycles. The Morgan fingerprint density at radius 2 is 1.88 bits per heavy atom. The zero-order valence-corrected chi connectivity index (χ0v) is 10.4. The topological polar surface area (TPSA) is 37.3 Å². The predicted octanol–water partition coefficient (Wildman–Crippen LogP) is 3.12. The Bertz CT molecular complexity index is 637. The lowest BCUT2D eigenvalue weighted by atomic mass is 10.0. The summed E-state index contributed by atoms with van der Waals surface area (Å²) in [5.74, 6) is 0.0482. The van der Waals surface area contributed by atoms with Crippen molar-refractivity contribution >= 4 is 22.4 Å². The fraction of sp³-hybridized carbons (Fsp3) is 0.0769. The smallest absolute Gasteiger partial charge is 0.138 e. The van der Waals surface area contributed by atoms with E-state index in [1.807, 2.05) is 24.3 Å². The third-order valence-corrected chi connectivity index (χ3v) is 4.81. The van der Waals surface area contributed by atoms with Gasteiger partial charge < -0.3 is 5.11 Å². The van der Waals surface area contributed by atoms with Crippen LogP contribution in [0.2, 0.25) is 5.02 Å². The molecule has 0 saturated heterocycles. The number of halogens is 1. The summed E-state index contributed by atoms with van der Waals surface area (Å²) in [6.45, 7) is 0. The molecular weight excluding hydrogens is 256 g/mol. The zero-order valence-electron chi connectivity index (χ0n) is 8.81. The van der Waals surface area contributed by atoms with Crippen LogP contribution in [0.1, 0.15) is 11.1 Å². The second-order valence-corrected chi connectivity index (χ2v) is 5.75. The van der Waals surface area contributed by atoms with E-state index in [4.69, 9.17) is 11.6 Å². The van der Waals surface area contributed by atoms with Crippen LogP contribution in [0, 0.1) is 0 Å². The van der Waals surface area contributed by atoms with Crippen LogP contribution in [0.25, 0.3) is 0 Å². The van der Waals surface area contributed by atoms with Crippen LogP contribution in [-0.4, -0.2) is 9.32 Å². The first-order valence-corrected chi connectivity index (χ1v) is 6.71. The first-order valence-electron chi connectivity index (χ1n) is 5.18. The Kier molecular flexibility index (Phi) is 2.45. The Labute approximate surface area is 106 Å². The lowest BCUT2D eigenvalue weighted by molar-refractivity contribution is 0.466. The van der Waals surface area contributed by atoms with Crippen LogP contribution in [0.5, 0.6) is 5.75 Å². The Morgan fingerprint density at radius 3 is 2.71 bits per heavy atom. The van der Waals surface area contributed by atoms with E-state index in [0.29, 0.717) is 21.9 Å². The van der Waals surface area contributed by atoms with Gasteiger partial charge in [-0.1, -0.05) is 29.8 Å². The second kappa shape index (κ2) is 3.86. The molecule has 1 aliphatic rings. The third-order valence-electron chi connectivity index (χ3n) is 2.93. The fourth-order valence-electron chi connectivity index (χ4n) is 2.07. The van der Waals surface area contributed by atoms with E-state index in [2.05, 4.69) is 0 Å². The van der Waals surface area contributed by atoms with Gasteiger partial charge in [-0.05, 0) is 23.8 Å². The highest BCUT2D eigenvalue weighted by Crippen LogP contribution is 2.39. The minimum Gasteiger partial charge on any atom is -0.506 e. The van der Waals surface area contributed by atoms with Crippen LogP contribution in [0.3, 0.4) is 0 Å². The van der Waals surface area contributed by atoms with E-state index >= 15 is 0 Å². The average Bonchev–Trinajstić information content (AvgIpc) is 2.35. The van der Waals surface area contributed by atoms with Crippen LogP contribution in [0.15, 0.2) is 46.2 Å². The van der Waals surface area contributed by atoms with E-state index in [9.17, 15) is 9.32 Å². The largest absolute Gasteiger partial charge is 0.506 e. The molecule has 4 heteroatoms. The molecule has 1 unspecified atom stereocenters. The molecule has 2 nitrogen and oxygen atoms in total. The summed E-state index contributed by atoms with van der Waals surface area (Å²) in [7, 11) is -1.23. The molecule has 1 heterocycles. The Balaban J connectivity index is 2.27. The van der Waals surface area contributed by atoms with Gasteiger partial charge >= 0.3 is 0 Å². The Hall–Kier alpha value is -1.32. The zero-order chi connectivity index (χ0) is 12.0. The molecule has 17 heavy (non-hydrogen) atoms. The van der Waals surface area contributed by atoms with Crippen molar-refractivity contribution in [1.29, 1.82) is 0 Å². The van der Waals surface area contributed by atoms with Crippen molar-refractivity contribution in [2.45, 2.75) is 16.2 Å². The molecule has 0 radical (unpaired) electrons. The Morgan fingerprint density at radius 1 is 1.12 bits per heavy atom. The van der Waals surface area contributed by atoms with Crippen LogP contribution >= 0.6 is 11.6 Å². The first-order chi connectivity index (χ1) is 8.18. The maximum atomic E-state index is 12.3. The van der Waals surface area contributed by atoms with Crippen molar-refractivity contribution in [1.82, 2.24) is 0 Å². The van der Waals surface area contributed by atoms with Crippen molar-refractivity contribution in [2.24, 2.45) is 0 Å². The van der Waals surface area contributed by atoms with Crippen LogP contribution in [-0.2, 0) is 17.2 Å². The quantitative estimate of drug-likeness (QED) is 0.677. The monoisotopic (exact) mass is 264 g/mol. The minimum atomic E-state index is -1.23. The molecule has 0 fully saturated rings. The normalized spacial score (nSPS) is 17.4. The van der Waals surface area contributed by atoms with Gasteiger partial charge in [0.15, 0.2) is 0 Å². The SMILES string of the molecule is O=S1c2ccccc2Cc2c1ccc(Cl)c2O. The molecule has 2 aromatic carbocycles. The molecule has 3 rings (SSSR count). The highest BCUT2D eigenvalue weighted by Gasteiger charge is 2.24. The van der Waals surface area contributed by atoms with Gasteiger partial charge in [0, 0.05) is 16.9 Å². The van der Waals surface area contributed by atoms with E-state index in [1.165, 1.54) is 0 Å². The number of phenols is 1. The van der Waals surface area contributed by atoms with E-state index in [0.717, 1.165) is 10.5 Å². The number of rotatable bonds is 0. The number of aromatic hydroxyl groups is 1. The van der Waals surface area contributed by atoms with Gasteiger partial charge in [-0.25, -0.2) is 4.21 Å². The number of hydrogen-bond acceptors (Lipinski definition) is 2. The van der Waals surface area contributed by atoms with Gasteiger partial charge in [0.25, 0.3) is 0 Å². The summed E-state index contributed by atoms with van der Waals surface area (Å²) < 4.78 is 12.3. The highest BCUT2D eigenvalue weighted by molar-refractivity contribution is 7.85. The van der Waals surface area contributed by atoms with Crippen LogP contribution in [0.4, 0.5) is 0 Å². The second-order valence-electron chi connectivity index (χ2n) is 3.93. The number of fused-ring (bicyclic) bond motifs is 2. The van der Waals surface area contributed by atoms with Crippen molar-refractivity contribution in [3.8, 4) is 5.75 Å². The summed E-state index contributed by atoms with van der Waals surface area (Å²) in [6.07, 6.45) is 0.573. The fourth-order valence-corrected chi connectivity index (χ4v) is 3.65. The highest BCUT2D eigenvalue weighted by atomic mass is 35.5. The number of hydrogen-bond donors (Lipinski definition) is 1. The molecule has 1 aliphatic heterocycles. The molecule has 0 bridgehead atoms. The van der Waals surface area contributed by atoms with Crippen molar-refractivity contribution in [2.75, 3.05) is 0 Å². The van der Waals surface area contributed by atoms with E-state index in [1.54, 1.807) is 12.1 Å². The third kappa shape index (κ3) is 1.58. The molecular formula is C13H9ClO2S. The van der Waals surface area contributed by atoms with Crippen molar-refractivity contribution < 1.29 is 9.32 Å². The summed E-state index contributed by atoms with van der Waals surface area (Å²) >= 11 is 5.87. The molecule has 0 spiro atoms. The van der Waals surface area contributed by atoms with Gasteiger partial charge in [0.05, 0.1) is 20.7 Å². The van der Waals surface area contributed by atoms with Crippen molar-refractivity contribution in [3.63, 3.8) is 0 Å². The molecule has 0 amide bonds. The van der Waals surface area contributed by atoms with Gasteiger partial charge in [-0.15, -0.1) is 0 Å². The maximum absolute atomic E-state index is 12.3. The van der Waals surface area contributed by atoms with E-state index < -0.39 is 10.8 Å². The van der Waals surface area contributed by atoms with Gasteiger partial charge in [-0.3, -0.25) is 0 Å². The number of benzene rings is 2. The van der Waals surface area contributed by atoms with Crippen molar-refractivity contribution in [3.05, 3.63) is 52.5 Å². The summed E-state index contributed by atoms with van der Waals surface area (Å²) in [4.78, 5) is 1.48. The van der Waals surface area contributed by atoms with Gasteiger partial charge in [0.1, 0.15) is 5.75 Å². The summed E-state index contributed by atoms with van der Waals surface area (Å²) in [5, 5.41) is 10.2. The van der Waals surface area contributed by atoms with Gasteiger partial charge in [0.2, 0.25) is 0 Å². The average molecular weight is 265 g/mol. The molecule has 0 aliphatic carbocycles. The standard InChI is InChI=1S/C13H9ClO2S/c14-10-5-6-12-9(13(10)15)7-8-3-1-2-4-11(8)17(12)16/h1-6,15H,7H2. The lowest BCUT2D eigenvalue weighted by Gasteiger charge is -2.20. The van der Waals surface area contributed by atoms with Crippen LogP contribution < -0.4 is 0 Å². The summed E-state index contributed by atoms with van der Waals surface area (Å²) in [5.41, 5.74) is 1.66. The summed E-state index contributed by atoms with van der Waals surface area (Å²) in [6, 6.07) is 10.9. The van der Waals surface area contributed by atoms with Gasteiger partial charge in [-0.2, -0.15) is 0 Å².